The van der Waals surface area contributed by atoms with Crippen molar-refractivity contribution >= 4 is 5.97 Å². The molecule has 4 rings (SSSR count). The Bertz CT molecular complexity index is 376. The maximum atomic E-state index is 10.2. The van der Waals surface area contributed by atoms with E-state index in [0.29, 0.717) is 5.57 Å². The SMILES string of the molecule is C1CC2CC1C1CC3OC3C21.C=C(C)C(=O)OC. The van der Waals surface area contributed by atoms with Crippen molar-refractivity contribution in [2.45, 2.75) is 44.8 Å². The van der Waals surface area contributed by atoms with E-state index in [4.69, 9.17) is 4.74 Å². The van der Waals surface area contributed by atoms with Gasteiger partial charge in [-0.25, -0.2) is 4.79 Å². The smallest absolute Gasteiger partial charge is 0.332 e. The quantitative estimate of drug-likeness (QED) is 0.408. The zero-order valence-electron chi connectivity index (χ0n) is 11.2. The highest BCUT2D eigenvalue weighted by Crippen LogP contribution is 2.64. The highest BCUT2D eigenvalue weighted by atomic mass is 16.6. The Morgan fingerprint density at radius 2 is 2.00 bits per heavy atom. The molecule has 1 saturated heterocycles. The zero-order chi connectivity index (χ0) is 12.9. The normalized spacial score (nSPS) is 45.7. The van der Waals surface area contributed by atoms with Gasteiger partial charge in [-0.3, -0.25) is 0 Å². The van der Waals surface area contributed by atoms with Crippen molar-refractivity contribution in [3.05, 3.63) is 12.2 Å². The molecule has 3 heteroatoms. The van der Waals surface area contributed by atoms with E-state index in [0.717, 1.165) is 35.9 Å². The van der Waals surface area contributed by atoms with Gasteiger partial charge in [-0.2, -0.15) is 0 Å². The van der Waals surface area contributed by atoms with Crippen LogP contribution < -0.4 is 0 Å². The molecule has 0 aromatic carbocycles. The summed E-state index contributed by atoms with van der Waals surface area (Å²) in [4.78, 5) is 10.2. The highest BCUT2D eigenvalue weighted by molar-refractivity contribution is 5.86. The minimum atomic E-state index is -0.347. The third-order valence-corrected chi connectivity index (χ3v) is 5.20. The van der Waals surface area contributed by atoms with Gasteiger partial charge >= 0.3 is 5.97 Å². The van der Waals surface area contributed by atoms with E-state index in [1.807, 2.05) is 0 Å². The third-order valence-electron chi connectivity index (χ3n) is 5.20. The molecule has 6 unspecified atom stereocenters. The first kappa shape index (κ1) is 12.2. The summed E-state index contributed by atoms with van der Waals surface area (Å²) >= 11 is 0. The molecule has 3 nitrogen and oxygen atoms in total. The summed E-state index contributed by atoms with van der Waals surface area (Å²) in [7, 11) is 1.33. The van der Waals surface area contributed by atoms with Gasteiger partial charge in [0.05, 0.1) is 19.3 Å². The fourth-order valence-electron chi connectivity index (χ4n) is 4.44. The predicted octanol–water partition coefficient (Wildman–Crippen LogP) is 2.56. The Balaban J connectivity index is 0.000000127. The number of carbonyl (C=O) groups is 1. The molecule has 1 heterocycles. The van der Waals surface area contributed by atoms with E-state index in [-0.39, 0.29) is 5.97 Å². The van der Waals surface area contributed by atoms with Crippen LogP contribution in [0.25, 0.3) is 0 Å². The number of carbonyl (C=O) groups excluding carboxylic acids is 1. The Hall–Kier alpha value is -0.830. The van der Waals surface area contributed by atoms with Gasteiger partial charge in [-0.15, -0.1) is 0 Å². The molecule has 0 N–H and O–H groups in total. The third kappa shape index (κ3) is 1.89. The zero-order valence-corrected chi connectivity index (χ0v) is 11.2. The van der Waals surface area contributed by atoms with Crippen LogP contribution in [0, 0.1) is 23.7 Å². The fourth-order valence-corrected chi connectivity index (χ4v) is 4.44. The van der Waals surface area contributed by atoms with Crippen molar-refractivity contribution in [1.29, 1.82) is 0 Å². The van der Waals surface area contributed by atoms with E-state index in [9.17, 15) is 4.79 Å². The monoisotopic (exact) mass is 250 g/mol. The molecule has 3 aliphatic carbocycles. The summed E-state index contributed by atoms with van der Waals surface area (Å²) in [5.41, 5.74) is 0.433. The van der Waals surface area contributed by atoms with E-state index in [2.05, 4.69) is 11.3 Å². The van der Waals surface area contributed by atoms with Crippen LogP contribution in [0.5, 0.6) is 0 Å². The van der Waals surface area contributed by atoms with E-state index in [1.54, 1.807) is 19.8 Å². The number of esters is 1. The molecule has 4 fully saturated rings. The molecule has 4 aliphatic rings. The number of fused-ring (bicyclic) bond motifs is 7. The van der Waals surface area contributed by atoms with Crippen molar-refractivity contribution in [3.63, 3.8) is 0 Å². The molecule has 0 aromatic heterocycles. The topological polar surface area (TPSA) is 38.8 Å². The second-order valence-corrected chi connectivity index (χ2v) is 6.22. The minimum absolute atomic E-state index is 0.347. The summed E-state index contributed by atoms with van der Waals surface area (Å²) in [6, 6.07) is 0. The molecular formula is C15H22O3. The largest absolute Gasteiger partial charge is 0.466 e. The molecule has 3 saturated carbocycles. The van der Waals surface area contributed by atoms with Gasteiger partial charge in [-0.05, 0) is 56.3 Å². The van der Waals surface area contributed by atoms with E-state index >= 15 is 0 Å². The van der Waals surface area contributed by atoms with Crippen LogP contribution in [0.3, 0.4) is 0 Å². The van der Waals surface area contributed by atoms with Crippen LogP contribution >= 0.6 is 0 Å². The van der Waals surface area contributed by atoms with Crippen molar-refractivity contribution in [2.24, 2.45) is 23.7 Å². The first-order valence-corrected chi connectivity index (χ1v) is 7.01. The van der Waals surface area contributed by atoms with Crippen molar-refractivity contribution in [2.75, 3.05) is 7.11 Å². The predicted molar refractivity (Wildman–Crippen MR) is 67.9 cm³/mol. The number of hydrogen-bond donors (Lipinski definition) is 0. The number of methoxy groups -OCH3 is 1. The van der Waals surface area contributed by atoms with E-state index < -0.39 is 0 Å². The van der Waals surface area contributed by atoms with Gasteiger partial charge < -0.3 is 9.47 Å². The van der Waals surface area contributed by atoms with Crippen LogP contribution in [0.15, 0.2) is 12.2 Å². The van der Waals surface area contributed by atoms with Crippen LogP contribution in [0.1, 0.15) is 32.6 Å². The maximum Gasteiger partial charge on any atom is 0.332 e. The van der Waals surface area contributed by atoms with Crippen molar-refractivity contribution in [1.82, 2.24) is 0 Å². The van der Waals surface area contributed by atoms with Crippen LogP contribution in [0.2, 0.25) is 0 Å². The summed E-state index contributed by atoms with van der Waals surface area (Å²) in [6.07, 6.45) is 7.53. The number of hydrogen-bond acceptors (Lipinski definition) is 3. The molecule has 0 aromatic rings. The second-order valence-electron chi connectivity index (χ2n) is 6.22. The highest BCUT2D eigenvalue weighted by Gasteiger charge is 2.64. The molecule has 100 valence electrons. The lowest BCUT2D eigenvalue weighted by Crippen LogP contribution is -2.22. The molecule has 0 amide bonds. The summed E-state index contributed by atoms with van der Waals surface area (Å²) in [5.74, 6) is 4.00. The lowest BCUT2D eigenvalue weighted by atomic mass is 9.81. The van der Waals surface area contributed by atoms with Gasteiger partial charge in [-0.1, -0.05) is 6.58 Å². The van der Waals surface area contributed by atoms with Gasteiger partial charge in [0.1, 0.15) is 0 Å². The Morgan fingerprint density at radius 3 is 2.56 bits per heavy atom. The summed E-state index contributed by atoms with van der Waals surface area (Å²) < 4.78 is 9.89. The minimum Gasteiger partial charge on any atom is -0.466 e. The van der Waals surface area contributed by atoms with Gasteiger partial charge in [0.15, 0.2) is 0 Å². The summed E-state index contributed by atoms with van der Waals surface area (Å²) in [6.45, 7) is 4.95. The van der Waals surface area contributed by atoms with Gasteiger partial charge in [0.2, 0.25) is 0 Å². The average Bonchev–Trinajstić information content (AvgIpc) is 2.79. The van der Waals surface area contributed by atoms with Crippen molar-refractivity contribution in [3.8, 4) is 0 Å². The standard InChI is InChI=1S/C10H14O.C5H8O2/c1-2-6-3-5(1)7-4-8-10(11-8)9(6)7;1-4(2)5(6)7-3/h5-10H,1-4H2;1H2,2-3H3. The Kier molecular flexibility index (Phi) is 2.97. The maximum absolute atomic E-state index is 10.2. The average molecular weight is 250 g/mol. The molecule has 1 aliphatic heterocycles. The molecule has 6 atom stereocenters. The molecule has 18 heavy (non-hydrogen) atoms. The number of rotatable bonds is 1. The molecule has 0 radical (unpaired) electrons. The first-order valence-electron chi connectivity index (χ1n) is 7.01. The lowest BCUT2D eigenvalue weighted by molar-refractivity contribution is -0.136. The fraction of sp³-hybridized carbons (Fsp3) is 0.800. The van der Waals surface area contributed by atoms with E-state index in [1.165, 1.54) is 20.0 Å². The van der Waals surface area contributed by atoms with Crippen molar-refractivity contribution < 1.29 is 14.3 Å². The van der Waals surface area contributed by atoms with Crippen LogP contribution in [0.4, 0.5) is 0 Å². The van der Waals surface area contributed by atoms with Crippen LogP contribution in [-0.2, 0) is 14.3 Å². The Morgan fingerprint density at radius 1 is 1.28 bits per heavy atom. The molecular weight excluding hydrogens is 228 g/mol. The second kappa shape index (κ2) is 4.37. The van der Waals surface area contributed by atoms with Crippen LogP contribution in [-0.4, -0.2) is 25.3 Å². The number of ether oxygens (including phenoxy) is 2. The first-order chi connectivity index (χ1) is 8.61. The molecule has 0 spiro atoms. The number of epoxide rings is 1. The summed E-state index contributed by atoms with van der Waals surface area (Å²) in [5, 5.41) is 0. The van der Waals surface area contributed by atoms with Gasteiger partial charge in [0, 0.05) is 5.57 Å². The molecule has 2 bridgehead atoms. The lowest BCUT2D eigenvalue weighted by Gasteiger charge is -2.25. The Labute approximate surface area is 109 Å². The van der Waals surface area contributed by atoms with Gasteiger partial charge in [0.25, 0.3) is 0 Å².